The van der Waals surface area contributed by atoms with Crippen molar-refractivity contribution in [2.45, 2.75) is 38.9 Å². The Balaban J connectivity index is 1.58. The Labute approximate surface area is 153 Å². The van der Waals surface area contributed by atoms with Gasteiger partial charge < -0.3 is 24.3 Å². The zero-order valence-electron chi connectivity index (χ0n) is 15.4. The fourth-order valence-electron chi connectivity index (χ4n) is 3.05. The first-order chi connectivity index (χ1) is 12.6. The van der Waals surface area contributed by atoms with Gasteiger partial charge in [-0.05, 0) is 18.9 Å². The van der Waals surface area contributed by atoms with E-state index in [4.69, 9.17) is 9.47 Å². The summed E-state index contributed by atoms with van der Waals surface area (Å²) < 4.78 is 13.1. The lowest BCUT2D eigenvalue weighted by Crippen LogP contribution is -2.47. The number of urea groups is 1. The SMILES string of the molecule is CCCn1cnnc1CN(C)C(=O)N[C@@H]1COc2c(cccc2OC)C1. The van der Waals surface area contributed by atoms with Crippen LogP contribution in [0, 0.1) is 0 Å². The number of carbonyl (C=O) groups excluding carboxylic acids is 1. The van der Waals surface area contributed by atoms with Gasteiger partial charge in [-0.1, -0.05) is 19.1 Å². The number of fused-ring (bicyclic) bond motifs is 1. The molecule has 2 amide bonds. The molecule has 1 aromatic carbocycles. The number of para-hydroxylation sites is 1. The standard InChI is InChI=1S/C18H25N5O3/c1-4-8-23-12-19-21-16(23)10-22(2)18(24)20-14-9-13-6-5-7-15(25-3)17(13)26-11-14/h5-7,12,14H,4,8-11H2,1-3H3,(H,20,24)/t14-/m0/s1. The molecule has 140 valence electrons. The number of carbonyl (C=O) groups is 1. The highest BCUT2D eigenvalue weighted by Crippen LogP contribution is 2.34. The lowest BCUT2D eigenvalue weighted by Gasteiger charge is -2.28. The third-order valence-electron chi connectivity index (χ3n) is 4.39. The molecule has 1 aliphatic rings. The Bertz CT molecular complexity index is 761. The second-order valence-electron chi connectivity index (χ2n) is 6.41. The van der Waals surface area contributed by atoms with Crippen LogP contribution in [0.3, 0.4) is 0 Å². The molecule has 1 N–H and O–H groups in total. The summed E-state index contributed by atoms with van der Waals surface area (Å²) in [6.07, 6.45) is 3.39. The predicted molar refractivity (Wildman–Crippen MR) is 96.3 cm³/mol. The molecule has 26 heavy (non-hydrogen) atoms. The molecule has 0 unspecified atom stereocenters. The van der Waals surface area contributed by atoms with Crippen LogP contribution >= 0.6 is 0 Å². The van der Waals surface area contributed by atoms with Crippen molar-refractivity contribution in [1.82, 2.24) is 25.0 Å². The summed E-state index contributed by atoms with van der Waals surface area (Å²) in [7, 11) is 3.38. The maximum atomic E-state index is 12.5. The minimum atomic E-state index is -0.156. The molecule has 0 aliphatic carbocycles. The first-order valence-corrected chi connectivity index (χ1v) is 8.79. The van der Waals surface area contributed by atoms with E-state index in [2.05, 4.69) is 22.4 Å². The van der Waals surface area contributed by atoms with Crippen molar-refractivity contribution >= 4 is 6.03 Å². The highest BCUT2D eigenvalue weighted by molar-refractivity contribution is 5.74. The van der Waals surface area contributed by atoms with Crippen LogP contribution in [0.15, 0.2) is 24.5 Å². The topological polar surface area (TPSA) is 81.5 Å². The van der Waals surface area contributed by atoms with Crippen molar-refractivity contribution in [3.8, 4) is 11.5 Å². The summed E-state index contributed by atoms with van der Waals surface area (Å²) >= 11 is 0. The molecule has 2 heterocycles. The average Bonchev–Trinajstić information content (AvgIpc) is 3.08. The third-order valence-corrected chi connectivity index (χ3v) is 4.39. The van der Waals surface area contributed by atoms with E-state index < -0.39 is 0 Å². The van der Waals surface area contributed by atoms with Crippen LogP contribution < -0.4 is 14.8 Å². The Morgan fingerprint density at radius 3 is 3.12 bits per heavy atom. The monoisotopic (exact) mass is 359 g/mol. The summed E-state index contributed by atoms with van der Waals surface area (Å²) in [5, 5.41) is 11.1. The first kappa shape index (κ1) is 18.0. The molecule has 2 aromatic rings. The number of amides is 2. The predicted octanol–water partition coefficient (Wildman–Crippen LogP) is 1.84. The molecule has 1 atom stereocenters. The normalized spacial score (nSPS) is 15.7. The van der Waals surface area contributed by atoms with E-state index in [1.54, 1.807) is 25.4 Å². The van der Waals surface area contributed by atoms with Crippen molar-refractivity contribution in [2.24, 2.45) is 0 Å². The highest BCUT2D eigenvalue weighted by atomic mass is 16.5. The largest absolute Gasteiger partial charge is 0.493 e. The molecule has 8 nitrogen and oxygen atoms in total. The van der Waals surface area contributed by atoms with Gasteiger partial charge in [-0.3, -0.25) is 0 Å². The summed E-state index contributed by atoms with van der Waals surface area (Å²) in [6, 6.07) is 5.55. The van der Waals surface area contributed by atoms with Crippen molar-refractivity contribution in [2.75, 3.05) is 20.8 Å². The number of hydrogen-bond donors (Lipinski definition) is 1. The summed E-state index contributed by atoms with van der Waals surface area (Å²) in [4.78, 5) is 14.1. The van der Waals surface area contributed by atoms with Gasteiger partial charge in [-0.15, -0.1) is 10.2 Å². The van der Waals surface area contributed by atoms with Crippen LogP contribution in [0.25, 0.3) is 0 Å². The summed E-state index contributed by atoms with van der Waals surface area (Å²) in [5.41, 5.74) is 1.03. The van der Waals surface area contributed by atoms with Crippen molar-refractivity contribution in [3.63, 3.8) is 0 Å². The zero-order valence-corrected chi connectivity index (χ0v) is 15.4. The number of rotatable bonds is 6. The molecule has 3 rings (SSSR count). The van der Waals surface area contributed by atoms with Gasteiger partial charge in [0.15, 0.2) is 17.3 Å². The number of aryl methyl sites for hydroxylation is 1. The highest BCUT2D eigenvalue weighted by Gasteiger charge is 2.25. The molecule has 1 aromatic heterocycles. The summed E-state index contributed by atoms with van der Waals surface area (Å²) in [5.74, 6) is 2.26. The van der Waals surface area contributed by atoms with Gasteiger partial charge in [0.25, 0.3) is 0 Å². The quantitative estimate of drug-likeness (QED) is 0.851. The van der Waals surface area contributed by atoms with Gasteiger partial charge >= 0.3 is 6.03 Å². The molecule has 0 bridgehead atoms. The second-order valence-corrected chi connectivity index (χ2v) is 6.41. The van der Waals surface area contributed by atoms with Crippen LogP contribution in [0.4, 0.5) is 4.79 Å². The van der Waals surface area contributed by atoms with E-state index in [0.29, 0.717) is 19.6 Å². The molecule has 8 heteroatoms. The van der Waals surface area contributed by atoms with E-state index in [1.807, 2.05) is 22.8 Å². The summed E-state index contributed by atoms with van der Waals surface area (Å²) in [6.45, 7) is 3.76. The molecule has 0 fully saturated rings. The van der Waals surface area contributed by atoms with E-state index >= 15 is 0 Å². The Morgan fingerprint density at radius 2 is 2.35 bits per heavy atom. The molecule has 0 spiro atoms. The van der Waals surface area contributed by atoms with Crippen LogP contribution in [0.1, 0.15) is 24.7 Å². The minimum Gasteiger partial charge on any atom is -0.493 e. The Morgan fingerprint density at radius 1 is 1.50 bits per heavy atom. The Kier molecular flexibility index (Phi) is 5.60. The van der Waals surface area contributed by atoms with Crippen LogP contribution in [0.5, 0.6) is 11.5 Å². The van der Waals surface area contributed by atoms with Gasteiger partial charge in [0.05, 0.1) is 19.7 Å². The van der Waals surface area contributed by atoms with Gasteiger partial charge in [0, 0.05) is 19.2 Å². The minimum absolute atomic E-state index is 0.0851. The lowest BCUT2D eigenvalue weighted by molar-refractivity contribution is 0.184. The fraction of sp³-hybridized carbons (Fsp3) is 0.500. The van der Waals surface area contributed by atoms with Crippen molar-refractivity contribution in [3.05, 3.63) is 35.9 Å². The molecule has 0 saturated carbocycles. The zero-order chi connectivity index (χ0) is 18.5. The van der Waals surface area contributed by atoms with Gasteiger partial charge in [-0.25, -0.2) is 4.79 Å². The maximum Gasteiger partial charge on any atom is 0.317 e. The number of ether oxygens (including phenoxy) is 2. The van der Waals surface area contributed by atoms with Crippen molar-refractivity contribution < 1.29 is 14.3 Å². The van der Waals surface area contributed by atoms with Crippen LogP contribution in [-0.2, 0) is 19.5 Å². The number of methoxy groups -OCH3 is 1. The first-order valence-electron chi connectivity index (χ1n) is 8.79. The van der Waals surface area contributed by atoms with Crippen LogP contribution in [0.2, 0.25) is 0 Å². The number of benzene rings is 1. The third kappa shape index (κ3) is 3.89. The lowest BCUT2D eigenvalue weighted by atomic mass is 10.0. The van der Waals surface area contributed by atoms with Crippen molar-refractivity contribution in [1.29, 1.82) is 0 Å². The average molecular weight is 359 g/mol. The molecular formula is C18H25N5O3. The van der Waals surface area contributed by atoms with Crippen LogP contribution in [-0.4, -0.2) is 52.5 Å². The van der Waals surface area contributed by atoms with Gasteiger partial charge in [0.1, 0.15) is 12.9 Å². The Hall–Kier alpha value is -2.77. The van der Waals surface area contributed by atoms with Gasteiger partial charge in [-0.2, -0.15) is 0 Å². The molecule has 0 radical (unpaired) electrons. The van der Waals surface area contributed by atoms with Gasteiger partial charge in [0.2, 0.25) is 0 Å². The van der Waals surface area contributed by atoms with E-state index in [0.717, 1.165) is 35.9 Å². The number of nitrogens with zero attached hydrogens (tertiary/aromatic N) is 4. The number of nitrogens with one attached hydrogen (secondary N) is 1. The fourth-order valence-corrected chi connectivity index (χ4v) is 3.05. The number of hydrogen-bond acceptors (Lipinski definition) is 5. The number of aromatic nitrogens is 3. The molecule has 1 aliphatic heterocycles. The second kappa shape index (κ2) is 8.07. The molecular weight excluding hydrogens is 334 g/mol. The molecule has 0 saturated heterocycles. The smallest absolute Gasteiger partial charge is 0.317 e. The van der Waals surface area contributed by atoms with E-state index in [1.165, 1.54) is 0 Å². The van der Waals surface area contributed by atoms with E-state index in [9.17, 15) is 4.79 Å². The van der Waals surface area contributed by atoms with E-state index in [-0.39, 0.29) is 12.1 Å². The maximum absolute atomic E-state index is 12.5.